The lowest BCUT2D eigenvalue weighted by Gasteiger charge is -2.25. The van der Waals surface area contributed by atoms with Crippen molar-refractivity contribution in [2.24, 2.45) is 0 Å². The van der Waals surface area contributed by atoms with Crippen molar-refractivity contribution < 1.29 is 14.7 Å². The molecule has 0 aliphatic carbocycles. The minimum absolute atomic E-state index is 0.0838. The van der Waals surface area contributed by atoms with Crippen LogP contribution in [0.15, 0.2) is 72.6 Å². The molecule has 2 aromatic carbocycles. The number of hydrogen-bond acceptors (Lipinski definition) is 4. The summed E-state index contributed by atoms with van der Waals surface area (Å²) in [6.07, 6.45) is 3.23. The zero-order valence-electron chi connectivity index (χ0n) is 17.1. The molecular formula is C25H22N2O3. The van der Waals surface area contributed by atoms with Crippen LogP contribution < -0.4 is 4.90 Å². The van der Waals surface area contributed by atoms with Gasteiger partial charge in [-0.25, -0.2) is 0 Å². The van der Waals surface area contributed by atoms with Crippen LogP contribution in [0.25, 0.3) is 5.76 Å². The second kappa shape index (κ2) is 7.59. The van der Waals surface area contributed by atoms with Crippen molar-refractivity contribution in [1.82, 2.24) is 4.98 Å². The Balaban J connectivity index is 1.97. The first kappa shape index (κ1) is 19.6. The summed E-state index contributed by atoms with van der Waals surface area (Å²) in [5.41, 5.74) is 4.77. The molecule has 1 unspecified atom stereocenters. The summed E-state index contributed by atoms with van der Waals surface area (Å²) >= 11 is 0. The van der Waals surface area contributed by atoms with Gasteiger partial charge in [-0.15, -0.1) is 0 Å². The molecule has 30 heavy (non-hydrogen) atoms. The van der Waals surface area contributed by atoms with Crippen LogP contribution in [0, 0.1) is 20.8 Å². The molecule has 1 aliphatic rings. The Kier molecular flexibility index (Phi) is 4.96. The van der Waals surface area contributed by atoms with Crippen molar-refractivity contribution in [2.75, 3.05) is 4.90 Å². The molecule has 0 bridgehead atoms. The van der Waals surface area contributed by atoms with Gasteiger partial charge >= 0.3 is 0 Å². The SMILES string of the molecule is Cc1ccc(N2C(=O)C(=O)/C(=C(/O)c3cc(C)ccc3C)C2c2ccncc2)cc1. The van der Waals surface area contributed by atoms with Crippen LogP contribution in [-0.4, -0.2) is 21.8 Å². The standard InChI is InChI=1S/C25H22N2O3/c1-15-5-8-19(9-6-15)27-22(18-10-12-26-13-11-18)21(24(29)25(27)30)23(28)20-14-16(2)4-7-17(20)3/h4-14,22,28H,1-3H3/b23-21+. The number of aryl methyl sites for hydroxylation is 3. The third-order valence-electron chi connectivity index (χ3n) is 5.43. The highest BCUT2D eigenvalue weighted by Gasteiger charge is 2.47. The van der Waals surface area contributed by atoms with Gasteiger partial charge in [0.15, 0.2) is 0 Å². The predicted octanol–water partition coefficient (Wildman–Crippen LogP) is 4.63. The van der Waals surface area contributed by atoms with E-state index in [2.05, 4.69) is 4.98 Å². The van der Waals surface area contributed by atoms with E-state index in [0.29, 0.717) is 16.8 Å². The molecule has 1 saturated heterocycles. The van der Waals surface area contributed by atoms with Gasteiger partial charge in [-0.1, -0.05) is 35.4 Å². The molecule has 1 N–H and O–H groups in total. The fraction of sp³-hybridized carbons (Fsp3) is 0.160. The van der Waals surface area contributed by atoms with Gasteiger partial charge in [-0.05, 0) is 62.2 Å². The molecule has 5 heteroatoms. The van der Waals surface area contributed by atoms with E-state index in [4.69, 9.17) is 0 Å². The summed E-state index contributed by atoms with van der Waals surface area (Å²) in [6, 6.07) is 15.8. The molecule has 3 aromatic rings. The van der Waals surface area contributed by atoms with Crippen molar-refractivity contribution in [1.29, 1.82) is 0 Å². The van der Waals surface area contributed by atoms with E-state index in [1.807, 2.05) is 63.2 Å². The Morgan fingerprint density at radius 3 is 2.20 bits per heavy atom. The number of pyridine rings is 1. The van der Waals surface area contributed by atoms with E-state index in [1.165, 1.54) is 4.90 Å². The lowest BCUT2D eigenvalue weighted by Crippen LogP contribution is -2.29. The van der Waals surface area contributed by atoms with Gasteiger partial charge in [0, 0.05) is 23.6 Å². The number of amides is 1. The van der Waals surface area contributed by atoms with Crippen molar-refractivity contribution in [3.63, 3.8) is 0 Å². The molecule has 0 saturated carbocycles. The number of aromatic nitrogens is 1. The van der Waals surface area contributed by atoms with Crippen LogP contribution in [0.5, 0.6) is 0 Å². The highest BCUT2D eigenvalue weighted by atomic mass is 16.3. The number of aliphatic hydroxyl groups is 1. The third kappa shape index (κ3) is 3.28. The van der Waals surface area contributed by atoms with Crippen molar-refractivity contribution >= 4 is 23.1 Å². The van der Waals surface area contributed by atoms with Gasteiger partial charge < -0.3 is 5.11 Å². The van der Waals surface area contributed by atoms with Gasteiger partial charge in [0.1, 0.15) is 5.76 Å². The fourth-order valence-corrected chi connectivity index (χ4v) is 3.80. The number of rotatable bonds is 3. The summed E-state index contributed by atoms with van der Waals surface area (Å²) in [7, 11) is 0. The molecule has 0 spiro atoms. The van der Waals surface area contributed by atoms with Gasteiger partial charge in [0.25, 0.3) is 11.7 Å². The number of ketones is 1. The van der Waals surface area contributed by atoms with E-state index < -0.39 is 17.7 Å². The maximum Gasteiger partial charge on any atom is 0.300 e. The highest BCUT2D eigenvalue weighted by molar-refractivity contribution is 6.51. The minimum Gasteiger partial charge on any atom is -0.507 e. The van der Waals surface area contributed by atoms with E-state index in [1.54, 1.807) is 24.5 Å². The van der Waals surface area contributed by atoms with Crippen LogP contribution in [0.1, 0.15) is 33.9 Å². The van der Waals surface area contributed by atoms with Crippen molar-refractivity contribution in [3.8, 4) is 0 Å². The maximum atomic E-state index is 13.1. The first-order valence-corrected chi connectivity index (χ1v) is 9.73. The Labute approximate surface area is 175 Å². The van der Waals surface area contributed by atoms with Gasteiger partial charge in [-0.2, -0.15) is 0 Å². The monoisotopic (exact) mass is 398 g/mol. The summed E-state index contributed by atoms with van der Waals surface area (Å²) in [5.74, 6) is -1.52. The number of benzene rings is 2. The first-order valence-electron chi connectivity index (χ1n) is 9.73. The molecule has 0 radical (unpaired) electrons. The number of nitrogens with zero attached hydrogens (tertiary/aromatic N) is 2. The Morgan fingerprint density at radius 2 is 1.53 bits per heavy atom. The van der Waals surface area contributed by atoms with Crippen LogP contribution in [0.4, 0.5) is 5.69 Å². The number of hydrogen-bond donors (Lipinski definition) is 1. The van der Waals surface area contributed by atoms with Gasteiger partial charge in [0.05, 0.1) is 11.6 Å². The second-order valence-corrected chi connectivity index (χ2v) is 7.60. The van der Waals surface area contributed by atoms with E-state index in [0.717, 1.165) is 16.7 Å². The molecule has 1 amide bonds. The average molecular weight is 398 g/mol. The highest BCUT2D eigenvalue weighted by Crippen LogP contribution is 2.42. The van der Waals surface area contributed by atoms with Crippen LogP contribution in [0.3, 0.4) is 0 Å². The molecule has 5 nitrogen and oxygen atoms in total. The first-order chi connectivity index (χ1) is 14.4. The normalized spacial score (nSPS) is 18.1. The number of anilines is 1. The number of carbonyl (C=O) groups is 2. The van der Waals surface area contributed by atoms with Crippen LogP contribution in [-0.2, 0) is 9.59 Å². The minimum atomic E-state index is -0.740. The van der Waals surface area contributed by atoms with Gasteiger partial charge in [0.2, 0.25) is 0 Å². The Hall–Kier alpha value is -3.73. The second-order valence-electron chi connectivity index (χ2n) is 7.60. The topological polar surface area (TPSA) is 70.5 Å². The maximum absolute atomic E-state index is 13.1. The zero-order chi connectivity index (χ0) is 21.4. The van der Waals surface area contributed by atoms with Crippen LogP contribution in [0.2, 0.25) is 0 Å². The molecule has 150 valence electrons. The molecule has 1 aliphatic heterocycles. The third-order valence-corrected chi connectivity index (χ3v) is 5.43. The van der Waals surface area contributed by atoms with Gasteiger partial charge in [-0.3, -0.25) is 19.5 Å². The summed E-state index contributed by atoms with van der Waals surface area (Å²) in [5, 5.41) is 11.2. The molecule has 1 fully saturated rings. The summed E-state index contributed by atoms with van der Waals surface area (Å²) in [4.78, 5) is 31.7. The smallest absolute Gasteiger partial charge is 0.300 e. The lowest BCUT2D eigenvalue weighted by molar-refractivity contribution is -0.132. The molecule has 4 rings (SSSR count). The van der Waals surface area contributed by atoms with E-state index >= 15 is 0 Å². The van der Waals surface area contributed by atoms with Crippen molar-refractivity contribution in [2.45, 2.75) is 26.8 Å². The largest absolute Gasteiger partial charge is 0.507 e. The zero-order valence-corrected chi connectivity index (χ0v) is 17.1. The molecule has 2 heterocycles. The summed E-state index contributed by atoms with van der Waals surface area (Å²) < 4.78 is 0. The quantitative estimate of drug-likeness (QED) is 0.397. The molecule has 1 aromatic heterocycles. The number of Topliss-reactive ketones (excluding diaryl/α,β-unsaturated/α-hetero) is 1. The summed E-state index contributed by atoms with van der Waals surface area (Å²) in [6.45, 7) is 5.74. The number of aliphatic hydroxyl groups excluding tert-OH is 1. The average Bonchev–Trinajstić information content (AvgIpc) is 3.01. The Morgan fingerprint density at radius 1 is 0.900 bits per heavy atom. The predicted molar refractivity (Wildman–Crippen MR) is 116 cm³/mol. The Bertz CT molecular complexity index is 1160. The fourth-order valence-electron chi connectivity index (χ4n) is 3.80. The van der Waals surface area contributed by atoms with E-state index in [9.17, 15) is 14.7 Å². The van der Waals surface area contributed by atoms with Crippen LogP contribution >= 0.6 is 0 Å². The van der Waals surface area contributed by atoms with E-state index in [-0.39, 0.29) is 11.3 Å². The molecular weight excluding hydrogens is 376 g/mol. The molecule has 1 atom stereocenters. The lowest BCUT2D eigenvalue weighted by atomic mass is 9.93. The van der Waals surface area contributed by atoms with Crippen molar-refractivity contribution in [3.05, 3.63) is 100 Å². The number of carbonyl (C=O) groups excluding carboxylic acids is 2.